The lowest BCUT2D eigenvalue weighted by atomic mass is 9.65. The van der Waals surface area contributed by atoms with Crippen molar-refractivity contribution in [2.45, 2.75) is 43.9 Å². The molecule has 0 radical (unpaired) electrons. The number of benzene rings is 1. The van der Waals surface area contributed by atoms with Crippen molar-refractivity contribution in [3.63, 3.8) is 0 Å². The Balaban J connectivity index is 1.40. The van der Waals surface area contributed by atoms with Crippen molar-refractivity contribution >= 4 is 23.2 Å². The smallest absolute Gasteiger partial charge is 0.236 e. The van der Waals surface area contributed by atoms with Crippen LogP contribution in [-0.4, -0.2) is 23.3 Å². The zero-order valence-corrected chi connectivity index (χ0v) is 15.6. The minimum atomic E-state index is -0.642. The minimum absolute atomic E-state index is 0.0956. The standard InChI is InChI=1S/C22H22FN3O2/c23-15-4-6-16(7-5-15)24-21(28)22(11-1-12-22)19-9-8-18-17(25-19)10-13-26(18)20(27)14-2-3-14/h4-9,14H,1-3,10-13H2,(H,24,28). The monoisotopic (exact) mass is 379 g/mol. The molecule has 0 bridgehead atoms. The Labute approximate surface area is 163 Å². The number of hydrogen-bond acceptors (Lipinski definition) is 3. The molecule has 0 atom stereocenters. The Kier molecular flexibility index (Phi) is 3.96. The summed E-state index contributed by atoms with van der Waals surface area (Å²) in [7, 11) is 0. The Morgan fingerprint density at radius 3 is 2.50 bits per heavy atom. The van der Waals surface area contributed by atoms with Gasteiger partial charge in [-0.3, -0.25) is 14.6 Å². The molecule has 2 amide bonds. The first-order valence-corrected chi connectivity index (χ1v) is 9.96. The number of pyridine rings is 1. The molecule has 1 aliphatic heterocycles. The highest BCUT2D eigenvalue weighted by Crippen LogP contribution is 2.45. The van der Waals surface area contributed by atoms with E-state index in [-0.39, 0.29) is 23.5 Å². The number of amides is 2. The van der Waals surface area contributed by atoms with Gasteiger partial charge in [0.2, 0.25) is 11.8 Å². The van der Waals surface area contributed by atoms with E-state index in [4.69, 9.17) is 4.98 Å². The Bertz CT molecular complexity index is 949. The molecule has 0 saturated heterocycles. The predicted molar refractivity (Wildman–Crippen MR) is 104 cm³/mol. The number of carbonyl (C=O) groups is 2. The first-order valence-electron chi connectivity index (χ1n) is 9.96. The van der Waals surface area contributed by atoms with Crippen molar-refractivity contribution in [3.05, 3.63) is 53.6 Å². The van der Waals surface area contributed by atoms with Crippen molar-refractivity contribution in [3.8, 4) is 0 Å². The second-order valence-corrected chi connectivity index (χ2v) is 8.07. The molecular formula is C22H22FN3O2. The quantitative estimate of drug-likeness (QED) is 0.883. The van der Waals surface area contributed by atoms with Crippen LogP contribution in [0, 0.1) is 11.7 Å². The zero-order chi connectivity index (χ0) is 19.3. The van der Waals surface area contributed by atoms with Crippen LogP contribution in [0.2, 0.25) is 0 Å². The number of rotatable bonds is 4. The molecule has 28 heavy (non-hydrogen) atoms. The molecular weight excluding hydrogens is 357 g/mol. The molecule has 1 N–H and O–H groups in total. The molecule has 3 aliphatic rings. The van der Waals surface area contributed by atoms with E-state index in [0.717, 1.165) is 55.6 Å². The number of carbonyl (C=O) groups excluding carboxylic acids is 2. The number of nitrogens with one attached hydrogen (secondary N) is 1. The normalized spacial score (nSPS) is 19.7. The van der Waals surface area contributed by atoms with Crippen LogP contribution < -0.4 is 10.2 Å². The van der Waals surface area contributed by atoms with E-state index < -0.39 is 5.41 Å². The van der Waals surface area contributed by atoms with Gasteiger partial charge in [-0.05, 0) is 62.1 Å². The van der Waals surface area contributed by atoms with Gasteiger partial charge in [0, 0.05) is 24.6 Å². The topological polar surface area (TPSA) is 62.3 Å². The summed E-state index contributed by atoms with van der Waals surface area (Å²) in [6, 6.07) is 9.66. The summed E-state index contributed by atoms with van der Waals surface area (Å²) in [5.41, 5.74) is 2.52. The lowest BCUT2D eigenvalue weighted by molar-refractivity contribution is -0.124. The molecule has 5 rings (SSSR count). The number of fused-ring (bicyclic) bond motifs is 1. The molecule has 6 heteroatoms. The van der Waals surface area contributed by atoms with E-state index in [1.807, 2.05) is 17.0 Å². The van der Waals surface area contributed by atoms with Crippen molar-refractivity contribution in [1.29, 1.82) is 0 Å². The van der Waals surface area contributed by atoms with Crippen molar-refractivity contribution in [2.75, 3.05) is 16.8 Å². The highest BCUT2D eigenvalue weighted by molar-refractivity contribution is 6.00. The average molecular weight is 379 g/mol. The largest absolute Gasteiger partial charge is 0.325 e. The molecule has 2 heterocycles. The van der Waals surface area contributed by atoms with Crippen LogP contribution in [0.4, 0.5) is 15.8 Å². The van der Waals surface area contributed by atoms with Crippen LogP contribution in [0.3, 0.4) is 0 Å². The van der Waals surface area contributed by atoms with E-state index in [1.165, 1.54) is 12.1 Å². The fourth-order valence-corrected chi connectivity index (χ4v) is 4.22. The molecule has 5 nitrogen and oxygen atoms in total. The van der Waals surface area contributed by atoms with Crippen molar-refractivity contribution < 1.29 is 14.0 Å². The van der Waals surface area contributed by atoms with Gasteiger partial charge in [0.25, 0.3) is 0 Å². The van der Waals surface area contributed by atoms with Gasteiger partial charge in [-0.1, -0.05) is 6.42 Å². The van der Waals surface area contributed by atoms with Gasteiger partial charge in [-0.25, -0.2) is 4.39 Å². The minimum Gasteiger partial charge on any atom is -0.325 e. The SMILES string of the molecule is O=C(C1CC1)N1CCc2nc(C3(C(=O)Nc4ccc(F)cc4)CCC3)ccc21. The van der Waals surface area contributed by atoms with Crippen molar-refractivity contribution in [2.24, 2.45) is 5.92 Å². The second kappa shape index (κ2) is 6.40. The van der Waals surface area contributed by atoms with Gasteiger partial charge < -0.3 is 10.2 Å². The lowest BCUT2D eigenvalue weighted by Gasteiger charge is -2.39. The summed E-state index contributed by atoms with van der Waals surface area (Å²) >= 11 is 0. The molecule has 0 spiro atoms. The van der Waals surface area contributed by atoms with Gasteiger partial charge >= 0.3 is 0 Å². The first kappa shape index (κ1) is 17.3. The summed E-state index contributed by atoms with van der Waals surface area (Å²) in [6.45, 7) is 0.676. The fourth-order valence-electron chi connectivity index (χ4n) is 4.22. The Morgan fingerprint density at radius 1 is 1.11 bits per heavy atom. The van der Waals surface area contributed by atoms with E-state index in [0.29, 0.717) is 12.2 Å². The highest BCUT2D eigenvalue weighted by atomic mass is 19.1. The third-order valence-corrected chi connectivity index (χ3v) is 6.24. The van der Waals surface area contributed by atoms with Crippen LogP contribution in [0.25, 0.3) is 0 Å². The van der Waals surface area contributed by atoms with Gasteiger partial charge in [-0.2, -0.15) is 0 Å². The number of hydrogen-bond donors (Lipinski definition) is 1. The number of aromatic nitrogens is 1. The molecule has 2 fully saturated rings. The van der Waals surface area contributed by atoms with Crippen LogP contribution in [0.15, 0.2) is 36.4 Å². The van der Waals surface area contributed by atoms with Gasteiger partial charge in [0.15, 0.2) is 0 Å². The maximum absolute atomic E-state index is 13.1. The van der Waals surface area contributed by atoms with E-state index in [9.17, 15) is 14.0 Å². The maximum atomic E-state index is 13.1. The van der Waals surface area contributed by atoms with Crippen molar-refractivity contribution in [1.82, 2.24) is 4.98 Å². The summed E-state index contributed by atoms with van der Waals surface area (Å²) in [5, 5.41) is 2.92. The number of nitrogens with zero attached hydrogens (tertiary/aromatic N) is 2. The molecule has 144 valence electrons. The van der Waals surface area contributed by atoms with E-state index >= 15 is 0 Å². The summed E-state index contributed by atoms with van der Waals surface area (Å²) < 4.78 is 13.1. The maximum Gasteiger partial charge on any atom is 0.236 e. The third kappa shape index (κ3) is 2.79. The molecule has 2 aliphatic carbocycles. The van der Waals surface area contributed by atoms with Gasteiger partial charge in [0.1, 0.15) is 5.82 Å². The van der Waals surface area contributed by atoms with Gasteiger partial charge in [0.05, 0.1) is 22.5 Å². The number of anilines is 2. The summed E-state index contributed by atoms with van der Waals surface area (Å²) in [4.78, 5) is 32.2. The summed E-state index contributed by atoms with van der Waals surface area (Å²) in [5.74, 6) is -0.0329. The summed E-state index contributed by atoms with van der Waals surface area (Å²) in [6.07, 6.45) is 5.18. The van der Waals surface area contributed by atoms with Crippen LogP contribution >= 0.6 is 0 Å². The van der Waals surface area contributed by atoms with Gasteiger partial charge in [-0.15, -0.1) is 0 Å². The van der Waals surface area contributed by atoms with E-state index in [1.54, 1.807) is 12.1 Å². The lowest BCUT2D eigenvalue weighted by Crippen LogP contribution is -2.46. The average Bonchev–Trinajstić information content (AvgIpc) is 3.42. The predicted octanol–water partition coefficient (Wildman–Crippen LogP) is 3.58. The molecule has 0 unspecified atom stereocenters. The first-order chi connectivity index (χ1) is 13.6. The highest BCUT2D eigenvalue weighted by Gasteiger charge is 2.47. The fraction of sp³-hybridized carbons (Fsp3) is 0.409. The van der Waals surface area contributed by atoms with Crippen LogP contribution in [0.1, 0.15) is 43.5 Å². The van der Waals surface area contributed by atoms with Crippen LogP contribution in [0.5, 0.6) is 0 Å². The zero-order valence-electron chi connectivity index (χ0n) is 15.6. The third-order valence-electron chi connectivity index (χ3n) is 6.24. The Morgan fingerprint density at radius 2 is 1.86 bits per heavy atom. The number of halogens is 1. The second-order valence-electron chi connectivity index (χ2n) is 8.07. The Hall–Kier alpha value is -2.76. The molecule has 1 aromatic heterocycles. The molecule has 2 aromatic rings. The van der Waals surface area contributed by atoms with E-state index in [2.05, 4.69) is 5.32 Å². The molecule has 2 saturated carbocycles. The molecule has 1 aromatic carbocycles. The van der Waals surface area contributed by atoms with Crippen LogP contribution in [-0.2, 0) is 21.4 Å².